The van der Waals surface area contributed by atoms with Gasteiger partial charge in [0, 0.05) is 0 Å². The zero-order valence-electron chi connectivity index (χ0n) is 15.2. The molecule has 2 aromatic heterocycles. The first kappa shape index (κ1) is 25.7. The first-order valence-electron chi connectivity index (χ1n) is 8.04. The average molecular weight is 586 g/mol. The fourth-order valence-corrected chi connectivity index (χ4v) is 6.25. The minimum atomic E-state index is -5.71. The first-order chi connectivity index (χ1) is 14.6. The van der Waals surface area contributed by atoms with E-state index in [1.54, 1.807) is 0 Å². The lowest BCUT2D eigenvalue weighted by Gasteiger charge is -2.19. The quantitative estimate of drug-likeness (QED) is 0.146. The molecule has 3 rings (SSSR count). The number of nitrogens with zero attached hydrogens (tertiary/aromatic N) is 4. The average Bonchev–Trinajstić information content (AvgIpc) is 3.08. The summed E-state index contributed by atoms with van der Waals surface area (Å²) in [6, 6.07) is 0. The SMILES string of the molecule is Nc1ncnc2c1nc(Br)n2[C@@H]1O[C@H](COP(=O)(O)OP(=O)(O)OP(=O)(O)O)[C@H](O)[C@@H]1O. The number of rotatable bonds is 8. The topological polar surface area (TPSA) is 279 Å². The van der Waals surface area contributed by atoms with Crippen molar-refractivity contribution in [1.82, 2.24) is 19.5 Å². The fraction of sp³-hybridized carbons (Fsp3) is 0.500. The summed E-state index contributed by atoms with van der Waals surface area (Å²) in [5.41, 5.74) is 5.99. The molecule has 6 atom stereocenters. The number of imidazole rings is 1. The number of nitrogens with two attached hydrogens (primary N) is 1. The number of hydrogen-bond donors (Lipinski definition) is 7. The Morgan fingerprint density at radius 1 is 1.09 bits per heavy atom. The number of aromatic nitrogens is 4. The van der Waals surface area contributed by atoms with E-state index in [4.69, 9.17) is 25.2 Å². The van der Waals surface area contributed by atoms with Crippen molar-refractivity contribution in [2.24, 2.45) is 0 Å². The third-order valence-electron chi connectivity index (χ3n) is 3.87. The van der Waals surface area contributed by atoms with Gasteiger partial charge in [-0.1, -0.05) is 0 Å². The molecule has 0 bridgehead atoms. The van der Waals surface area contributed by atoms with Crippen molar-refractivity contribution in [2.75, 3.05) is 12.3 Å². The number of hydrogen-bond acceptors (Lipinski definition) is 13. The number of anilines is 1. The van der Waals surface area contributed by atoms with Gasteiger partial charge in [0.25, 0.3) is 0 Å². The van der Waals surface area contributed by atoms with Crippen LogP contribution in [0.4, 0.5) is 5.82 Å². The molecule has 2 aromatic rings. The molecular weight excluding hydrogens is 571 g/mol. The Labute approximate surface area is 185 Å². The van der Waals surface area contributed by atoms with Crippen molar-refractivity contribution in [3.8, 4) is 0 Å². The van der Waals surface area contributed by atoms with Crippen LogP contribution in [0, 0.1) is 0 Å². The summed E-state index contributed by atoms with van der Waals surface area (Å²) in [7, 11) is -16.7. The summed E-state index contributed by atoms with van der Waals surface area (Å²) in [6.45, 7) is -0.972. The van der Waals surface area contributed by atoms with Crippen molar-refractivity contribution < 1.29 is 61.4 Å². The molecule has 180 valence electrons. The third-order valence-corrected chi connectivity index (χ3v) is 8.23. The second kappa shape index (κ2) is 9.05. The maximum atomic E-state index is 11.8. The van der Waals surface area contributed by atoms with Gasteiger partial charge >= 0.3 is 23.5 Å². The molecule has 2 unspecified atom stereocenters. The van der Waals surface area contributed by atoms with Gasteiger partial charge in [-0.2, -0.15) is 8.62 Å². The van der Waals surface area contributed by atoms with Crippen molar-refractivity contribution >= 4 is 56.4 Å². The van der Waals surface area contributed by atoms with Crippen LogP contribution in [-0.2, 0) is 31.6 Å². The molecule has 1 saturated heterocycles. The van der Waals surface area contributed by atoms with E-state index in [0.717, 1.165) is 6.33 Å². The zero-order chi connectivity index (χ0) is 24.1. The third kappa shape index (κ3) is 5.78. The standard InChI is InChI=1S/C10H15BrN5O13P3/c11-10-15-4-7(12)13-2-14-8(4)16(10)9-6(18)5(17)3(27-9)1-26-31(22,23)29-32(24,25)28-30(19,20)21/h2-3,5-6,9,17-18H,1H2,(H,22,23)(H,24,25)(H2,12,13,14)(H2,19,20,21)/t3-,5+,6+,9-/m1/s1. The van der Waals surface area contributed by atoms with E-state index >= 15 is 0 Å². The van der Waals surface area contributed by atoms with E-state index in [1.807, 2.05) is 0 Å². The number of phosphoric acid groups is 3. The van der Waals surface area contributed by atoms with E-state index in [1.165, 1.54) is 4.57 Å². The Morgan fingerprint density at radius 2 is 1.75 bits per heavy atom. The molecule has 0 aromatic carbocycles. The van der Waals surface area contributed by atoms with Gasteiger partial charge in [-0.25, -0.2) is 28.6 Å². The van der Waals surface area contributed by atoms with Crippen LogP contribution in [0.5, 0.6) is 0 Å². The molecular formula is C10H15BrN5O13P3. The summed E-state index contributed by atoms with van der Waals surface area (Å²) in [6.07, 6.45) is -5.03. The van der Waals surface area contributed by atoms with Crippen LogP contribution in [-0.4, -0.2) is 74.2 Å². The Hall–Kier alpha value is -0.880. The number of aliphatic hydroxyl groups is 2. The van der Waals surface area contributed by atoms with Crippen LogP contribution >= 0.6 is 39.4 Å². The Balaban J connectivity index is 1.73. The molecule has 22 heteroatoms. The number of aliphatic hydroxyl groups excluding tert-OH is 2. The Morgan fingerprint density at radius 3 is 2.38 bits per heavy atom. The van der Waals surface area contributed by atoms with Gasteiger partial charge in [-0.3, -0.25) is 9.09 Å². The highest BCUT2D eigenvalue weighted by Gasteiger charge is 2.47. The van der Waals surface area contributed by atoms with Crippen molar-refractivity contribution in [3.05, 3.63) is 11.1 Å². The second-order valence-corrected chi connectivity index (χ2v) is 11.2. The number of halogens is 1. The summed E-state index contributed by atoms with van der Waals surface area (Å²) in [5, 5.41) is 20.6. The minimum absolute atomic E-state index is 0.0201. The highest BCUT2D eigenvalue weighted by atomic mass is 79.9. The predicted molar refractivity (Wildman–Crippen MR) is 103 cm³/mol. The summed E-state index contributed by atoms with van der Waals surface area (Å²) >= 11 is 3.13. The smallest absolute Gasteiger partial charge is 0.387 e. The maximum Gasteiger partial charge on any atom is 0.490 e. The van der Waals surface area contributed by atoms with E-state index in [-0.39, 0.29) is 21.7 Å². The van der Waals surface area contributed by atoms with Crippen LogP contribution in [0.1, 0.15) is 6.23 Å². The van der Waals surface area contributed by atoms with Gasteiger partial charge in [0.15, 0.2) is 27.9 Å². The molecule has 1 aliphatic rings. The molecule has 0 aliphatic carbocycles. The normalized spacial score (nSPS) is 28.0. The second-order valence-electron chi connectivity index (χ2n) is 6.11. The predicted octanol–water partition coefficient (Wildman–Crippen LogP) is -0.867. The van der Waals surface area contributed by atoms with Gasteiger partial charge in [-0.15, -0.1) is 0 Å². The van der Waals surface area contributed by atoms with Crippen LogP contribution < -0.4 is 5.73 Å². The van der Waals surface area contributed by atoms with Crippen molar-refractivity contribution in [3.63, 3.8) is 0 Å². The largest absolute Gasteiger partial charge is 0.490 e. The maximum absolute atomic E-state index is 11.8. The van der Waals surface area contributed by atoms with Crippen LogP contribution in [0.15, 0.2) is 11.1 Å². The number of nitrogen functional groups attached to an aromatic ring is 1. The van der Waals surface area contributed by atoms with Crippen molar-refractivity contribution in [1.29, 1.82) is 0 Å². The van der Waals surface area contributed by atoms with Gasteiger partial charge < -0.3 is 40.3 Å². The number of ether oxygens (including phenoxy) is 1. The first-order valence-corrected chi connectivity index (χ1v) is 13.4. The molecule has 32 heavy (non-hydrogen) atoms. The Bertz CT molecular complexity index is 1160. The van der Waals surface area contributed by atoms with Crippen LogP contribution in [0.3, 0.4) is 0 Å². The monoisotopic (exact) mass is 585 g/mol. The van der Waals surface area contributed by atoms with Crippen LogP contribution in [0.25, 0.3) is 11.2 Å². The molecule has 0 spiro atoms. The van der Waals surface area contributed by atoms with Crippen LogP contribution in [0.2, 0.25) is 0 Å². The molecule has 1 aliphatic heterocycles. The van der Waals surface area contributed by atoms with Gasteiger partial charge in [-0.05, 0) is 15.9 Å². The lowest BCUT2D eigenvalue weighted by atomic mass is 10.1. The van der Waals surface area contributed by atoms with Gasteiger partial charge in [0.05, 0.1) is 6.61 Å². The molecule has 0 radical (unpaired) electrons. The molecule has 18 nitrogen and oxygen atoms in total. The molecule has 0 saturated carbocycles. The van der Waals surface area contributed by atoms with E-state index in [2.05, 4.69) is 44.0 Å². The number of phosphoric ester groups is 1. The zero-order valence-corrected chi connectivity index (χ0v) is 19.5. The lowest BCUT2D eigenvalue weighted by Crippen LogP contribution is -2.33. The summed E-state index contributed by atoms with van der Waals surface area (Å²) < 4.78 is 52.2. The molecule has 8 N–H and O–H groups in total. The highest BCUT2D eigenvalue weighted by molar-refractivity contribution is 9.10. The van der Waals surface area contributed by atoms with E-state index in [0.29, 0.717) is 0 Å². The lowest BCUT2D eigenvalue weighted by molar-refractivity contribution is -0.0513. The summed E-state index contributed by atoms with van der Waals surface area (Å²) in [4.78, 5) is 47.5. The molecule has 0 amide bonds. The van der Waals surface area contributed by atoms with Crippen molar-refractivity contribution in [2.45, 2.75) is 24.5 Å². The number of fused-ring (bicyclic) bond motifs is 1. The minimum Gasteiger partial charge on any atom is -0.387 e. The highest BCUT2D eigenvalue weighted by Crippen LogP contribution is 2.66. The summed E-state index contributed by atoms with van der Waals surface area (Å²) in [5.74, 6) is 0.0201. The van der Waals surface area contributed by atoms with Gasteiger partial charge in [0.1, 0.15) is 24.6 Å². The Kier molecular flexibility index (Phi) is 7.28. The van der Waals surface area contributed by atoms with E-state index in [9.17, 15) is 28.8 Å². The van der Waals surface area contributed by atoms with E-state index < -0.39 is 54.6 Å². The molecule has 1 fully saturated rings. The van der Waals surface area contributed by atoms with Gasteiger partial charge in [0.2, 0.25) is 0 Å². The molecule has 3 heterocycles. The fourth-order valence-electron chi connectivity index (χ4n) is 2.68.